The molecule has 0 atom stereocenters. The minimum absolute atomic E-state index is 0.0287. The second-order valence-corrected chi connectivity index (χ2v) is 8.26. The molecular weight excluding hydrogens is 381 g/mol. The summed E-state index contributed by atoms with van der Waals surface area (Å²) >= 11 is 0. The maximum Gasteiger partial charge on any atom is 0.319 e. The topological polar surface area (TPSA) is 52.6 Å². The minimum Gasteiger partial charge on any atom is -0.353 e. The fraction of sp³-hybridized carbons (Fsp3) is 0.522. The fourth-order valence-electron chi connectivity index (χ4n) is 3.75. The predicted octanol–water partition coefficient (Wildman–Crippen LogP) is 3.70. The number of anilines is 1. The highest BCUT2D eigenvalue weighted by Crippen LogP contribution is 2.28. The van der Waals surface area contributed by atoms with Crippen LogP contribution in [0.25, 0.3) is 0 Å². The molecule has 30 heavy (non-hydrogen) atoms. The lowest BCUT2D eigenvalue weighted by atomic mass is 10.0. The number of urea groups is 1. The molecule has 6 nitrogen and oxygen atoms in total. The van der Waals surface area contributed by atoms with Gasteiger partial charge in [-0.1, -0.05) is 39.0 Å². The number of amides is 2. The van der Waals surface area contributed by atoms with Crippen LogP contribution in [0.15, 0.2) is 24.3 Å². The Balaban J connectivity index is 1.96. The first-order valence-electron chi connectivity index (χ1n) is 10.7. The number of aromatic nitrogens is 2. The average Bonchev–Trinajstić information content (AvgIpc) is 2.74. The number of hydrogen-bond acceptors (Lipinski definition) is 4. The van der Waals surface area contributed by atoms with Crippen molar-refractivity contribution in [3.63, 3.8) is 0 Å². The van der Waals surface area contributed by atoms with Crippen molar-refractivity contribution in [3.05, 3.63) is 52.7 Å². The highest BCUT2D eigenvalue weighted by atomic mass is 19.1. The zero-order chi connectivity index (χ0) is 21.8. The summed E-state index contributed by atoms with van der Waals surface area (Å²) in [5.74, 6) is 1.68. The molecule has 162 valence electrons. The largest absolute Gasteiger partial charge is 0.353 e. The summed E-state index contributed by atoms with van der Waals surface area (Å²) in [6.45, 7) is 8.92. The molecule has 1 aliphatic heterocycles. The molecule has 0 radical (unpaired) electrons. The normalized spacial score (nSPS) is 14.4. The number of carbonyl (C=O) groups is 1. The zero-order valence-corrected chi connectivity index (χ0v) is 18.7. The lowest BCUT2D eigenvalue weighted by Gasteiger charge is -2.37. The number of benzene rings is 1. The van der Waals surface area contributed by atoms with Gasteiger partial charge in [-0.3, -0.25) is 0 Å². The predicted molar refractivity (Wildman–Crippen MR) is 118 cm³/mol. The number of piperazine rings is 1. The minimum atomic E-state index is -0.208. The van der Waals surface area contributed by atoms with E-state index in [0.29, 0.717) is 38.2 Å². The molecular formula is C23H32FN5O. The Kier molecular flexibility index (Phi) is 6.90. The fourth-order valence-corrected chi connectivity index (χ4v) is 3.75. The van der Waals surface area contributed by atoms with Crippen LogP contribution in [0.4, 0.5) is 15.0 Å². The average molecular weight is 414 g/mol. The molecule has 7 heteroatoms. The molecule has 0 N–H and O–H groups in total. The van der Waals surface area contributed by atoms with Crippen LogP contribution in [0.2, 0.25) is 0 Å². The van der Waals surface area contributed by atoms with E-state index in [1.165, 1.54) is 6.07 Å². The van der Waals surface area contributed by atoms with E-state index in [4.69, 9.17) is 9.97 Å². The summed E-state index contributed by atoms with van der Waals surface area (Å²) in [5.41, 5.74) is 2.61. The second kappa shape index (κ2) is 9.41. The summed E-state index contributed by atoms with van der Waals surface area (Å²) in [4.78, 5) is 27.7. The van der Waals surface area contributed by atoms with Gasteiger partial charge in [-0.25, -0.2) is 19.2 Å². The highest BCUT2D eigenvalue weighted by molar-refractivity contribution is 5.74. The molecule has 0 saturated carbocycles. The van der Waals surface area contributed by atoms with Gasteiger partial charge < -0.3 is 14.7 Å². The maximum absolute atomic E-state index is 14.4. The molecule has 1 saturated heterocycles. The standard InChI is InChI=1S/C23H32FN5O/c1-6-20-18(15-17-9-7-8-10-19(17)24)22(26-21(25-20)16(2)3)28-11-13-29(14-12-28)23(30)27(4)5/h7-10,16H,6,11-15H2,1-5H3. The summed E-state index contributed by atoms with van der Waals surface area (Å²) in [7, 11) is 3.54. The van der Waals surface area contributed by atoms with E-state index >= 15 is 0 Å². The van der Waals surface area contributed by atoms with Gasteiger partial charge in [0.25, 0.3) is 0 Å². The molecule has 0 aliphatic carbocycles. The van der Waals surface area contributed by atoms with Gasteiger partial charge in [-0.05, 0) is 18.1 Å². The first-order valence-corrected chi connectivity index (χ1v) is 10.7. The van der Waals surface area contributed by atoms with Crippen LogP contribution in [-0.2, 0) is 12.8 Å². The van der Waals surface area contributed by atoms with Gasteiger partial charge in [0.15, 0.2) is 0 Å². The van der Waals surface area contributed by atoms with E-state index in [0.717, 1.165) is 29.3 Å². The van der Waals surface area contributed by atoms with Crippen molar-refractivity contribution in [1.29, 1.82) is 0 Å². The van der Waals surface area contributed by atoms with Crippen molar-refractivity contribution in [3.8, 4) is 0 Å². The molecule has 2 amide bonds. The van der Waals surface area contributed by atoms with Gasteiger partial charge in [0.2, 0.25) is 0 Å². The third kappa shape index (κ3) is 4.71. The third-order valence-corrected chi connectivity index (χ3v) is 5.50. The Morgan fingerprint density at radius 3 is 2.37 bits per heavy atom. The maximum atomic E-state index is 14.4. The Morgan fingerprint density at radius 2 is 1.80 bits per heavy atom. The van der Waals surface area contributed by atoms with E-state index in [1.807, 2.05) is 17.0 Å². The van der Waals surface area contributed by atoms with Gasteiger partial charge >= 0.3 is 6.03 Å². The summed E-state index contributed by atoms with van der Waals surface area (Å²) in [6.07, 6.45) is 1.22. The number of rotatable bonds is 5. The van der Waals surface area contributed by atoms with Gasteiger partial charge in [-0.2, -0.15) is 0 Å². The van der Waals surface area contributed by atoms with Crippen molar-refractivity contribution in [1.82, 2.24) is 19.8 Å². The molecule has 1 aromatic heterocycles. The summed E-state index contributed by atoms with van der Waals surface area (Å²) in [6, 6.07) is 6.91. The molecule has 3 rings (SSSR count). The van der Waals surface area contributed by atoms with Crippen LogP contribution in [0.1, 0.15) is 49.3 Å². The van der Waals surface area contributed by atoms with Gasteiger partial charge in [0.1, 0.15) is 17.5 Å². The van der Waals surface area contributed by atoms with E-state index in [1.54, 1.807) is 25.1 Å². The van der Waals surface area contributed by atoms with Gasteiger partial charge in [0, 0.05) is 63.9 Å². The third-order valence-electron chi connectivity index (χ3n) is 5.50. The molecule has 2 heterocycles. The Morgan fingerprint density at radius 1 is 1.13 bits per heavy atom. The molecule has 1 aromatic carbocycles. The van der Waals surface area contributed by atoms with Crippen LogP contribution >= 0.6 is 0 Å². The highest BCUT2D eigenvalue weighted by Gasteiger charge is 2.26. The van der Waals surface area contributed by atoms with Crippen molar-refractivity contribution < 1.29 is 9.18 Å². The van der Waals surface area contributed by atoms with Crippen molar-refractivity contribution >= 4 is 11.8 Å². The zero-order valence-electron chi connectivity index (χ0n) is 18.7. The van der Waals surface area contributed by atoms with Crippen molar-refractivity contribution in [2.24, 2.45) is 0 Å². The Bertz CT molecular complexity index is 891. The SMILES string of the molecule is CCc1nc(C(C)C)nc(N2CCN(C(=O)N(C)C)CC2)c1Cc1ccccc1F. The van der Waals surface area contributed by atoms with Gasteiger partial charge in [0.05, 0.1) is 0 Å². The molecule has 1 fully saturated rings. The smallest absolute Gasteiger partial charge is 0.319 e. The molecule has 1 aliphatic rings. The molecule has 0 spiro atoms. The van der Waals surface area contributed by atoms with E-state index in [-0.39, 0.29) is 17.8 Å². The lowest BCUT2D eigenvalue weighted by molar-refractivity contribution is 0.168. The van der Waals surface area contributed by atoms with Gasteiger partial charge in [-0.15, -0.1) is 0 Å². The number of hydrogen-bond donors (Lipinski definition) is 0. The first-order chi connectivity index (χ1) is 14.3. The summed E-state index contributed by atoms with van der Waals surface area (Å²) < 4.78 is 14.4. The van der Waals surface area contributed by atoms with E-state index in [2.05, 4.69) is 25.7 Å². The van der Waals surface area contributed by atoms with Crippen molar-refractivity contribution in [2.45, 2.75) is 39.5 Å². The Hall–Kier alpha value is -2.70. The van der Waals surface area contributed by atoms with E-state index < -0.39 is 0 Å². The van der Waals surface area contributed by atoms with Crippen LogP contribution in [-0.4, -0.2) is 66.1 Å². The Labute approximate surface area is 178 Å². The summed E-state index contributed by atoms with van der Waals surface area (Å²) in [5, 5.41) is 0. The number of aryl methyl sites for hydroxylation is 1. The van der Waals surface area contributed by atoms with Crippen LogP contribution < -0.4 is 4.90 Å². The molecule has 2 aromatic rings. The molecule has 0 unspecified atom stereocenters. The lowest BCUT2D eigenvalue weighted by Crippen LogP contribution is -2.52. The monoisotopic (exact) mass is 413 g/mol. The van der Waals surface area contributed by atoms with Crippen LogP contribution in [0.5, 0.6) is 0 Å². The second-order valence-electron chi connectivity index (χ2n) is 8.26. The number of nitrogens with zero attached hydrogens (tertiary/aromatic N) is 5. The number of halogens is 1. The van der Waals surface area contributed by atoms with Crippen molar-refractivity contribution in [2.75, 3.05) is 45.2 Å². The van der Waals surface area contributed by atoms with Crippen LogP contribution in [0, 0.1) is 5.82 Å². The quantitative estimate of drug-likeness (QED) is 0.750. The van der Waals surface area contributed by atoms with Crippen LogP contribution in [0.3, 0.4) is 0 Å². The molecule has 0 bridgehead atoms. The van der Waals surface area contributed by atoms with E-state index in [9.17, 15) is 9.18 Å². The number of carbonyl (C=O) groups excluding carboxylic acids is 1. The first kappa shape index (κ1) is 22.0.